The fourth-order valence-corrected chi connectivity index (χ4v) is 7.32. The third-order valence-corrected chi connectivity index (χ3v) is 8.89. The van der Waals surface area contributed by atoms with Gasteiger partial charge in [0.1, 0.15) is 5.78 Å². The number of rotatable bonds is 4. The van der Waals surface area contributed by atoms with Gasteiger partial charge in [-0.1, -0.05) is 120 Å². The summed E-state index contributed by atoms with van der Waals surface area (Å²) in [5, 5.41) is 0. The predicted molar refractivity (Wildman–Crippen MR) is 147 cm³/mol. The smallest absolute Gasteiger partial charge is 0.146 e. The molecule has 0 aliphatic carbocycles. The van der Waals surface area contributed by atoms with Crippen molar-refractivity contribution in [3.63, 3.8) is 0 Å². The molecule has 0 amide bonds. The molecule has 4 heterocycles. The first-order valence-corrected chi connectivity index (χ1v) is 13.4. The van der Waals surface area contributed by atoms with Crippen LogP contribution < -0.4 is 0 Å². The Morgan fingerprint density at radius 2 is 0.811 bits per heavy atom. The molecule has 4 bridgehead atoms. The number of carbonyl (C=O) groups is 1. The summed E-state index contributed by atoms with van der Waals surface area (Å²) in [7, 11) is 0. The minimum absolute atomic E-state index is 0.0498. The zero-order valence-electron chi connectivity index (χ0n) is 21.4. The lowest BCUT2D eigenvalue weighted by Gasteiger charge is -2.67. The number of benzene rings is 4. The highest BCUT2D eigenvalue weighted by Gasteiger charge is 2.65. The number of hydrogen-bond donors (Lipinski definition) is 0. The van der Waals surface area contributed by atoms with E-state index < -0.39 is 0 Å². The van der Waals surface area contributed by atoms with Crippen LogP contribution in [0.15, 0.2) is 109 Å². The van der Waals surface area contributed by atoms with Crippen molar-refractivity contribution in [1.29, 1.82) is 0 Å². The fraction of sp³-hybridized carbons (Fsp3) is 0.265. The zero-order valence-corrected chi connectivity index (χ0v) is 21.4. The minimum atomic E-state index is -0.106. The lowest BCUT2D eigenvalue weighted by Crippen LogP contribution is -2.69. The predicted octanol–water partition coefficient (Wildman–Crippen LogP) is 6.97. The number of piperidine rings is 2. The normalized spacial score (nSPS) is 32.0. The summed E-state index contributed by atoms with van der Waals surface area (Å²) in [6, 6.07) is 39.4. The van der Waals surface area contributed by atoms with Crippen molar-refractivity contribution < 1.29 is 4.79 Å². The van der Waals surface area contributed by atoms with Crippen molar-refractivity contribution in [1.82, 2.24) is 9.80 Å². The van der Waals surface area contributed by atoms with Crippen LogP contribution in [0.5, 0.6) is 0 Å². The molecule has 4 aromatic rings. The van der Waals surface area contributed by atoms with Crippen LogP contribution in [-0.2, 0) is 4.79 Å². The molecular weight excluding hydrogens is 452 g/mol. The summed E-state index contributed by atoms with van der Waals surface area (Å²) in [6.45, 7) is 5.09. The Morgan fingerprint density at radius 1 is 0.486 bits per heavy atom. The first-order valence-electron chi connectivity index (χ1n) is 13.4. The van der Waals surface area contributed by atoms with E-state index in [1.54, 1.807) is 0 Å². The summed E-state index contributed by atoms with van der Waals surface area (Å²) in [5.41, 5.74) is 7.47. The molecular formula is C34H32N2O. The lowest BCUT2D eigenvalue weighted by molar-refractivity contribution is -0.208. The third kappa shape index (κ3) is 3.53. The quantitative estimate of drug-likeness (QED) is 0.312. The molecule has 4 aliphatic rings. The maximum Gasteiger partial charge on any atom is 0.146 e. The highest BCUT2D eigenvalue weighted by Crippen LogP contribution is 2.64. The van der Waals surface area contributed by atoms with Gasteiger partial charge in [0.05, 0.1) is 18.5 Å². The molecule has 3 nitrogen and oxygen atoms in total. The summed E-state index contributed by atoms with van der Waals surface area (Å²) in [6.07, 6.45) is 0. The Hall–Kier alpha value is -3.53. The molecule has 0 radical (unpaired) electrons. The molecule has 0 saturated carbocycles. The number of aryl methyl sites for hydroxylation is 2. The van der Waals surface area contributed by atoms with Crippen LogP contribution in [-0.4, -0.2) is 22.3 Å². The molecule has 37 heavy (non-hydrogen) atoms. The van der Waals surface area contributed by atoms with Crippen molar-refractivity contribution in [3.05, 3.63) is 143 Å². The summed E-state index contributed by atoms with van der Waals surface area (Å²) < 4.78 is 0. The van der Waals surface area contributed by atoms with Gasteiger partial charge in [-0.25, -0.2) is 0 Å². The number of Topliss-reactive ketones (excluding diaryl/α,β-unsaturated/α-hetero) is 1. The highest BCUT2D eigenvalue weighted by atomic mass is 16.1. The second-order valence-corrected chi connectivity index (χ2v) is 11.0. The van der Waals surface area contributed by atoms with Crippen molar-refractivity contribution in [2.45, 2.75) is 38.0 Å². The molecule has 0 aromatic heterocycles. The van der Waals surface area contributed by atoms with Crippen LogP contribution in [0.2, 0.25) is 0 Å². The average molecular weight is 485 g/mol. The Balaban J connectivity index is 1.44. The minimum Gasteiger partial charge on any atom is -0.299 e. The van der Waals surface area contributed by atoms with E-state index in [9.17, 15) is 4.79 Å². The second kappa shape index (κ2) is 8.79. The van der Waals surface area contributed by atoms with E-state index in [4.69, 9.17) is 0 Å². The van der Waals surface area contributed by atoms with Crippen LogP contribution in [0.3, 0.4) is 0 Å². The van der Waals surface area contributed by atoms with E-state index in [-0.39, 0.29) is 36.0 Å². The van der Waals surface area contributed by atoms with Gasteiger partial charge in [0.15, 0.2) is 0 Å². The van der Waals surface area contributed by atoms with Gasteiger partial charge in [-0.05, 0) is 36.1 Å². The van der Waals surface area contributed by atoms with Crippen molar-refractivity contribution in [2.75, 3.05) is 6.67 Å². The fourth-order valence-electron chi connectivity index (χ4n) is 7.32. The molecule has 0 N–H and O–H groups in total. The van der Waals surface area contributed by atoms with Crippen molar-refractivity contribution in [3.8, 4) is 0 Å². The molecule has 6 unspecified atom stereocenters. The van der Waals surface area contributed by atoms with Gasteiger partial charge in [0.25, 0.3) is 0 Å². The van der Waals surface area contributed by atoms with E-state index in [1.165, 1.54) is 33.4 Å². The van der Waals surface area contributed by atoms with E-state index in [1.807, 2.05) is 0 Å². The third-order valence-electron chi connectivity index (χ3n) is 8.89. The van der Waals surface area contributed by atoms with Gasteiger partial charge in [-0.3, -0.25) is 14.6 Å². The number of ketones is 1. The Morgan fingerprint density at radius 3 is 1.16 bits per heavy atom. The monoisotopic (exact) mass is 484 g/mol. The van der Waals surface area contributed by atoms with E-state index in [0.717, 1.165) is 6.67 Å². The lowest BCUT2D eigenvalue weighted by atomic mass is 9.60. The van der Waals surface area contributed by atoms with Crippen LogP contribution >= 0.6 is 0 Å². The van der Waals surface area contributed by atoms with Crippen LogP contribution in [0.25, 0.3) is 0 Å². The highest BCUT2D eigenvalue weighted by molar-refractivity contribution is 5.89. The molecule has 3 heteroatoms. The van der Waals surface area contributed by atoms with Gasteiger partial charge in [0.2, 0.25) is 0 Å². The standard InChI is InChI=1S/C34H32N2O/c1-22-13-17-26(18-14-22)32-28-30(24-9-5-3-6-10-24)35-21-36(32)33(27-19-15-23(2)16-20-27)29(34(28)37)31(35)25-11-7-4-8-12-25/h3-20,28-33H,21H2,1-2H3. The maximum absolute atomic E-state index is 14.8. The molecule has 6 atom stereocenters. The zero-order chi connectivity index (χ0) is 25.1. The Bertz CT molecular complexity index is 1310. The molecule has 4 aliphatic heterocycles. The van der Waals surface area contributed by atoms with E-state index in [0.29, 0.717) is 5.78 Å². The van der Waals surface area contributed by atoms with Gasteiger partial charge < -0.3 is 0 Å². The molecule has 184 valence electrons. The summed E-state index contributed by atoms with van der Waals surface area (Å²) in [4.78, 5) is 20.0. The maximum atomic E-state index is 14.8. The number of carbonyl (C=O) groups excluding carboxylic acids is 1. The topological polar surface area (TPSA) is 23.6 Å². The van der Waals surface area contributed by atoms with Gasteiger partial charge >= 0.3 is 0 Å². The van der Waals surface area contributed by atoms with Crippen LogP contribution in [0, 0.1) is 25.7 Å². The number of hydrogen-bond acceptors (Lipinski definition) is 3. The van der Waals surface area contributed by atoms with E-state index >= 15 is 0 Å². The molecule has 4 aromatic carbocycles. The molecule has 4 fully saturated rings. The summed E-state index contributed by atoms with van der Waals surface area (Å²) in [5.74, 6) is 0.196. The first kappa shape index (κ1) is 22.7. The van der Waals surface area contributed by atoms with Gasteiger partial charge in [-0.2, -0.15) is 0 Å². The Kier molecular flexibility index (Phi) is 5.38. The summed E-state index contributed by atoms with van der Waals surface area (Å²) >= 11 is 0. The molecule has 0 spiro atoms. The van der Waals surface area contributed by atoms with E-state index in [2.05, 4.69) is 133 Å². The molecule has 8 rings (SSSR count). The SMILES string of the molecule is Cc1ccc(C2C3C(=O)C4C(c5ccccc5)N(CN2C4c2ccc(C)cc2)C3c2ccccc2)cc1. The van der Waals surface area contributed by atoms with Crippen LogP contribution in [0.4, 0.5) is 0 Å². The second-order valence-electron chi connectivity index (χ2n) is 11.0. The first-order chi connectivity index (χ1) is 18.1. The van der Waals surface area contributed by atoms with Gasteiger partial charge in [-0.15, -0.1) is 0 Å². The van der Waals surface area contributed by atoms with Gasteiger partial charge in [0, 0.05) is 24.2 Å². The molecule has 4 saturated heterocycles. The van der Waals surface area contributed by atoms with Crippen LogP contribution in [0.1, 0.15) is 57.5 Å². The Labute approximate surface area is 219 Å². The van der Waals surface area contributed by atoms with Crippen molar-refractivity contribution >= 4 is 5.78 Å². The largest absolute Gasteiger partial charge is 0.299 e. The average Bonchev–Trinajstić information content (AvgIpc) is 2.94. The van der Waals surface area contributed by atoms with Crippen molar-refractivity contribution in [2.24, 2.45) is 11.8 Å². The number of nitrogens with zero attached hydrogens (tertiary/aromatic N) is 2.